The van der Waals surface area contributed by atoms with Crippen molar-refractivity contribution >= 4 is 17.8 Å². The zero-order valence-corrected chi connectivity index (χ0v) is 14.6. The number of hydrogen-bond acceptors (Lipinski definition) is 3. The van der Waals surface area contributed by atoms with E-state index in [2.05, 4.69) is 10.6 Å². The van der Waals surface area contributed by atoms with Gasteiger partial charge in [-0.3, -0.25) is 14.5 Å². The Hall–Kier alpha value is -2.37. The smallest absolute Gasteiger partial charge is 0.325 e. The Balaban J connectivity index is 1.71. The fourth-order valence-corrected chi connectivity index (χ4v) is 3.80. The summed E-state index contributed by atoms with van der Waals surface area (Å²) in [6.45, 7) is 1.63. The maximum absolute atomic E-state index is 13.0. The molecule has 4 amide bonds. The summed E-state index contributed by atoms with van der Waals surface area (Å²) in [5, 5.41) is 5.76. The van der Waals surface area contributed by atoms with Crippen molar-refractivity contribution in [2.24, 2.45) is 0 Å². The van der Waals surface area contributed by atoms with Crippen LogP contribution in [0.15, 0.2) is 30.3 Å². The van der Waals surface area contributed by atoms with Gasteiger partial charge in [-0.05, 0) is 24.8 Å². The largest absolute Gasteiger partial charge is 0.352 e. The van der Waals surface area contributed by atoms with Gasteiger partial charge >= 0.3 is 6.03 Å². The molecule has 1 aliphatic heterocycles. The second-order valence-electron chi connectivity index (χ2n) is 6.85. The molecule has 2 aliphatic rings. The lowest BCUT2D eigenvalue weighted by molar-refractivity contribution is -0.135. The monoisotopic (exact) mass is 343 g/mol. The Morgan fingerprint density at radius 1 is 1.20 bits per heavy atom. The fraction of sp³-hybridized carbons (Fsp3) is 0.526. The third-order valence-corrected chi connectivity index (χ3v) is 5.24. The molecule has 0 radical (unpaired) electrons. The van der Waals surface area contributed by atoms with E-state index in [0.717, 1.165) is 36.1 Å². The van der Waals surface area contributed by atoms with Gasteiger partial charge in [0.2, 0.25) is 5.91 Å². The average molecular weight is 343 g/mol. The summed E-state index contributed by atoms with van der Waals surface area (Å²) in [6.07, 6.45) is 5.80. The van der Waals surface area contributed by atoms with Crippen molar-refractivity contribution in [3.05, 3.63) is 35.9 Å². The number of hydrogen-bond donors (Lipinski definition) is 2. The summed E-state index contributed by atoms with van der Waals surface area (Å²) in [5.41, 5.74) is -0.338. The molecule has 0 bridgehead atoms. The van der Waals surface area contributed by atoms with E-state index in [1.165, 1.54) is 6.42 Å². The second-order valence-corrected chi connectivity index (χ2v) is 6.85. The van der Waals surface area contributed by atoms with Crippen LogP contribution < -0.4 is 10.6 Å². The molecular weight excluding hydrogens is 318 g/mol. The lowest BCUT2D eigenvalue weighted by atomic mass is 9.87. The van der Waals surface area contributed by atoms with Crippen LogP contribution >= 0.6 is 0 Å². The van der Waals surface area contributed by atoms with Crippen LogP contribution in [0.4, 0.5) is 4.79 Å². The molecule has 0 unspecified atom stereocenters. The summed E-state index contributed by atoms with van der Waals surface area (Å²) in [6, 6.07) is 8.85. The van der Waals surface area contributed by atoms with Crippen molar-refractivity contribution in [2.45, 2.75) is 57.0 Å². The number of imide groups is 1. The normalized spacial score (nSPS) is 24.3. The Kier molecular flexibility index (Phi) is 5.06. The van der Waals surface area contributed by atoms with Gasteiger partial charge in [0.15, 0.2) is 0 Å². The fourth-order valence-electron chi connectivity index (χ4n) is 3.80. The van der Waals surface area contributed by atoms with Crippen molar-refractivity contribution < 1.29 is 14.4 Å². The third-order valence-electron chi connectivity index (χ3n) is 5.24. The highest BCUT2D eigenvalue weighted by Crippen LogP contribution is 2.32. The van der Waals surface area contributed by atoms with Gasteiger partial charge in [-0.2, -0.15) is 0 Å². The minimum absolute atomic E-state index is 0.159. The SMILES string of the molecule is CC[C@]1(c2ccccc2)NC(=O)N(CC(=O)NC2CCCCC2)C1=O. The number of carbonyl (C=O) groups excluding carboxylic acids is 3. The van der Waals surface area contributed by atoms with Gasteiger partial charge in [0.1, 0.15) is 12.1 Å². The Morgan fingerprint density at radius 3 is 2.52 bits per heavy atom. The van der Waals surface area contributed by atoms with Crippen LogP contribution in [0.1, 0.15) is 51.0 Å². The summed E-state index contributed by atoms with van der Waals surface area (Å²) < 4.78 is 0. The number of urea groups is 1. The van der Waals surface area contributed by atoms with E-state index >= 15 is 0 Å². The lowest BCUT2D eigenvalue weighted by Crippen LogP contribution is -2.46. The predicted octanol–water partition coefficient (Wildman–Crippen LogP) is 2.29. The van der Waals surface area contributed by atoms with Crippen molar-refractivity contribution in [2.75, 3.05) is 6.54 Å². The summed E-state index contributed by atoms with van der Waals surface area (Å²) in [5.74, 6) is -0.625. The number of carbonyl (C=O) groups is 3. The summed E-state index contributed by atoms with van der Waals surface area (Å²) in [7, 11) is 0. The molecule has 1 saturated carbocycles. The maximum Gasteiger partial charge on any atom is 0.325 e. The minimum atomic E-state index is -1.08. The first-order valence-corrected chi connectivity index (χ1v) is 9.06. The van der Waals surface area contributed by atoms with Gasteiger partial charge in [0, 0.05) is 6.04 Å². The van der Waals surface area contributed by atoms with Crippen molar-refractivity contribution in [3.8, 4) is 0 Å². The first kappa shape index (κ1) is 17.5. The molecular formula is C19H25N3O3. The molecule has 6 heteroatoms. The molecule has 1 aromatic rings. The number of benzene rings is 1. The molecule has 1 aliphatic carbocycles. The quantitative estimate of drug-likeness (QED) is 0.805. The van der Waals surface area contributed by atoms with Crippen LogP contribution in [0.25, 0.3) is 0 Å². The molecule has 3 rings (SSSR count). The lowest BCUT2D eigenvalue weighted by Gasteiger charge is -2.26. The zero-order chi connectivity index (χ0) is 17.9. The molecule has 1 saturated heterocycles. The minimum Gasteiger partial charge on any atom is -0.352 e. The molecule has 2 N–H and O–H groups in total. The standard InChI is InChI=1S/C19H25N3O3/c1-2-19(14-9-5-3-6-10-14)17(24)22(18(25)21-19)13-16(23)20-15-11-7-4-8-12-15/h3,5-6,9-10,15H,2,4,7-8,11-13H2,1H3,(H,20,23)(H,21,25)/t19-/m1/s1. The van der Waals surface area contributed by atoms with E-state index in [1.807, 2.05) is 37.3 Å². The van der Waals surface area contributed by atoms with Crippen molar-refractivity contribution in [3.63, 3.8) is 0 Å². The predicted molar refractivity (Wildman–Crippen MR) is 93.7 cm³/mol. The van der Waals surface area contributed by atoms with Gasteiger partial charge in [0.25, 0.3) is 5.91 Å². The third kappa shape index (κ3) is 3.38. The molecule has 1 aromatic carbocycles. The maximum atomic E-state index is 13.0. The van der Waals surface area contributed by atoms with Gasteiger partial charge in [-0.15, -0.1) is 0 Å². The van der Waals surface area contributed by atoms with Gasteiger partial charge in [0.05, 0.1) is 0 Å². The van der Waals surface area contributed by atoms with Crippen LogP contribution in [-0.2, 0) is 15.1 Å². The molecule has 1 heterocycles. The number of rotatable bonds is 5. The number of nitrogens with zero attached hydrogens (tertiary/aromatic N) is 1. The molecule has 6 nitrogen and oxygen atoms in total. The molecule has 0 aromatic heterocycles. The van der Waals surface area contributed by atoms with Crippen LogP contribution in [0, 0.1) is 0 Å². The highest BCUT2D eigenvalue weighted by molar-refractivity contribution is 6.09. The summed E-state index contributed by atoms with van der Waals surface area (Å²) in [4.78, 5) is 38.7. The highest BCUT2D eigenvalue weighted by atomic mass is 16.2. The Labute approximate surface area is 148 Å². The molecule has 25 heavy (non-hydrogen) atoms. The van der Waals surface area contributed by atoms with Gasteiger partial charge in [-0.1, -0.05) is 56.5 Å². The van der Waals surface area contributed by atoms with E-state index < -0.39 is 11.6 Å². The van der Waals surface area contributed by atoms with Crippen LogP contribution in [0.3, 0.4) is 0 Å². The van der Waals surface area contributed by atoms with E-state index in [1.54, 1.807) is 0 Å². The first-order valence-electron chi connectivity index (χ1n) is 9.06. The van der Waals surface area contributed by atoms with E-state index in [9.17, 15) is 14.4 Å². The molecule has 0 spiro atoms. The average Bonchev–Trinajstić information content (AvgIpc) is 2.88. The number of amides is 4. The van der Waals surface area contributed by atoms with E-state index in [0.29, 0.717) is 6.42 Å². The van der Waals surface area contributed by atoms with Gasteiger partial charge in [-0.25, -0.2) is 4.79 Å². The molecule has 134 valence electrons. The topological polar surface area (TPSA) is 78.5 Å². The van der Waals surface area contributed by atoms with E-state index in [4.69, 9.17) is 0 Å². The van der Waals surface area contributed by atoms with Crippen LogP contribution in [-0.4, -0.2) is 35.3 Å². The Morgan fingerprint density at radius 2 is 1.88 bits per heavy atom. The van der Waals surface area contributed by atoms with Crippen LogP contribution in [0.5, 0.6) is 0 Å². The molecule has 2 fully saturated rings. The highest BCUT2D eigenvalue weighted by Gasteiger charge is 2.51. The van der Waals surface area contributed by atoms with Crippen LogP contribution in [0.2, 0.25) is 0 Å². The van der Waals surface area contributed by atoms with Crippen molar-refractivity contribution in [1.29, 1.82) is 0 Å². The second kappa shape index (κ2) is 7.25. The molecule has 1 atom stereocenters. The Bertz CT molecular complexity index is 655. The summed E-state index contributed by atoms with van der Waals surface area (Å²) >= 11 is 0. The first-order chi connectivity index (χ1) is 12.1. The van der Waals surface area contributed by atoms with E-state index in [-0.39, 0.29) is 24.4 Å². The van der Waals surface area contributed by atoms with Gasteiger partial charge < -0.3 is 10.6 Å². The zero-order valence-electron chi connectivity index (χ0n) is 14.6. The van der Waals surface area contributed by atoms with Crippen molar-refractivity contribution in [1.82, 2.24) is 15.5 Å². The number of nitrogens with one attached hydrogen (secondary N) is 2.